The smallest absolute Gasteiger partial charge is 0.406 e. The Balaban J connectivity index is 2.29. The summed E-state index contributed by atoms with van der Waals surface area (Å²) in [5, 5.41) is 4.05. The third-order valence-electron chi connectivity index (χ3n) is 2.76. The number of anilines is 1. The molecule has 2 N–H and O–H groups in total. The Labute approximate surface area is 129 Å². The number of hydrogen-bond acceptors (Lipinski definition) is 3. The van der Waals surface area contributed by atoms with Gasteiger partial charge in [0.25, 0.3) is 0 Å². The van der Waals surface area contributed by atoms with E-state index in [0.29, 0.717) is 17.6 Å². The van der Waals surface area contributed by atoms with E-state index in [2.05, 4.69) is 9.84 Å². The van der Waals surface area contributed by atoms with E-state index in [0.717, 1.165) is 0 Å². The maximum atomic E-state index is 12.3. The van der Waals surface area contributed by atoms with E-state index >= 15 is 0 Å². The first-order chi connectivity index (χ1) is 10.9. The molecule has 0 spiro atoms. The first-order valence-corrected chi connectivity index (χ1v) is 6.50. The molecule has 1 aromatic carbocycles. The van der Waals surface area contributed by atoms with Gasteiger partial charge in [0.2, 0.25) is 0 Å². The third-order valence-corrected chi connectivity index (χ3v) is 2.76. The number of nitrogens with two attached hydrogens (primary N) is 1. The number of benzene rings is 1. The molecule has 2 aromatic rings. The van der Waals surface area contributed by atoms with Gasteiger partial charge in [-0.05, 0) is 18.2 Å². The summed E-state index contributed by atoms with van der Waals surface area (Å²) in [6.07, 6.45) is -0.0800. The van der Waals surface area contributed by atoms with Crippen LogP contribution >= 0.6 is 0 Å². The SMILES string of the molecule is Nc1cc(-c2cccc(OC(F)(F)F)c2)n(C/C=C\C=C\F)n1. The molecule has 0 radical (unpaired) electrons. The van der Waals surface area contributed by atoms with Crippen LogP contribution in [-0.2, 0) is 6.54 Å². The van der Waals surface area contributed by atoms with Gasteiger partial charge in [-0.25, -0.2) is 4.39 Å². The largest absolute Gasteiger partial charge is 0.573 e. The van der Waals surface area contributed by atoms with Crippen LogP contribution in [-0.4, -0.2) is 16.1 Å². The number of nitrogens with zero attached hydrogens (tertiary/aromatic N) is 2. The number of rotatable bonds is 5. The molecule has 4 nitrogen and oxygen atoms in total. The van der Waals surface area contributed by atoms with E-state index in [1.165, 1.54) is 41.1 Å². The van der Waals surface area contributed by atoms with Gasteiger partial charge < -0.3 is 10.5 Å². The molecule has 1 aromatic heterocycles. The van der Waals surface area contributed by atoms with E-state index in [-0.39, 0.29) is 18.1 Å². The highest BCUT2D eigenvalue weighted by Gasteiger charge is 2.31. The minimum atomic E-state index is -4.76. The van der Waals surface area contributed by atoms with E-state index in [4.69, 9.17) is 5.73 Å². The summed E-state index contributed by atoms with van der Waals surface area (Å²) in [7, 11) is 0. The van der Waals surface area contributed by atoms with Crippen molar-refractivity contribution >= 4 is 5.82 Å². The van der Waals surface area contributed by atoms with Crippen LogP contribution in [0.25, 0.3) is 11.3 Å². The number of ether oxygens (including phenoxy) is 1. The maximum Gasteiger partial charge on any atom is 0.573 e. The lowest BCUT2D eigenvalue weighted by Crippen LogP contribution is -2.17. The molecule has 0 fully saturated rings. The van der Waals surface area contributed by atoms with E-state index < -0.39 is 6.36 Å². The van der Waals surface area contributed by atoms with Gasteiger partial charge >= 0.3 is 6.36 Å². The summed E-state index contributed by atoms with van der Waals surface area (Å²) in [4.78, 5) is 0. The highest BCUT2D eigenvalue weighted by Crippen LogP contribution is 2.28. The summed E-state index contributed by atoms with van der Waals surface area (Å²) >= 11 is 0. The number of allylic oxidation sites excluding steroid dienone is 3. The van der Waals surface area contributed by atoms with Gasteiger partial charge in [0.1, 0.15) is 11.6 Å². The molecular formula is C15H13F4N3O. The van der Waals surface area contributed by atoms with Gasteiger partial charge in [0, 0.05) is 11.6 Å². The van der Waals surface area contributed by atoms with Crippen molar-refractivity contribution in [3.8, 4) is 17.0 Å². The van der Waals surface area contributed by atoms with Crippen molar-refractivity contribution in [2.24, 2.45) is 0 Å². The molecular weight excluding hydrogens is 314 g/mol. The molecule has 2 rings (SSSR count). The number of nitrogen functional groups attached to an aromatic ring is 1. The lowest BCUT2D eigenvalue weighted by molar-refractivity contribution is -0.274. The summed E-state index contributed by atoms with van der Waals surface area (Å²) in [5.41, 5.74) is 6.63. The van der Waals surface area contributed by atoms with E-state index in [9.17, 15) is 17.6 Å². The van der Waals surface area contributed by atoms with Crippen LogP contribution in [0.1, 0.15) is 0 Å². The van der Waals surface area contributed by atoms with Crippen LogP contribution in [0, 0.1) is 0 Å². The molecule has 8 heteroatoms. The molecule has 23 heavy (non-hydrogen) atoms. The first kappa shape index (κ1) is 16.6. The van der Waals surface area contributed by atoms with Crippen molar-refractivity contribution in [3.63, 3.8) is 0 Å². The average molecular weight is 327 g/mol. The number of alkyl halides is 3. The minimum Gasteiger partial charge on any atom is -0.406 e. The van der Waals surface area contributed by atoms with Crippen molar-refractivity contribution in [1.29, 1.82) is 0 Å². The molecule has 1 heterocycles. The Kier molecular flexibility index (Phi) is 5.05. The predicted molar refractivity (Wildman–Crippen MR) is 78.1 cm³/mol. The second-order valence-electron chi connectivity index (χ2n) is 4.46. The number of aromatic nitrogens is 2. The molecule has 0 aliphatic carbocycles. The van der Waals surface area contributed by atoms with Crippen molar-refractivity contribution in [2.45, 2.75) is 12.9 Å². The van der Waals surface area contributed by atoms with Crippen molar-refractivity contribution in [2.75, 3.05) is 5.73 Å². The summed E-state index contributed by atoms with van der Waals surface area (Å²) < 4.78 is 54.1. The van der Waals surface area contributed by atoms with Gasteiger partial charge in [-0.15, -0.1) is 13.2 Å². The Morgan fingerprint density at radius 1 is 1.22 bits per heavy atom. The van der Waals surface area contributed by atoms with Gasteiger partial charge in [0.05, 0.1) is 18.6 Å². The zero-order chi connectivity index (χ0) is 16.9. The Morgan fingerprint density at radius 2 is 2.00 bits per heavy atom. The van der Waals surface area contributed by atoms with Gasteiger partial charge in [0.15, 0.2) is 0 Å². The van der Waals surface area contributed by atoms with Crippen molar-refractivity contribution in [3.05, 3.63) is 54.9 Å². The third kappa shape index (κ3) is 4.87. The standard InChI is InChI=1S/C15H13F4N3O/c16-7-2-1-3-8-22-13(10-14(20)21-22)11-5-4-6-12(9-11)23-15(17,18)19/h1-7,9-10H,8H2,(H2,20,21)/b3-1-,7-2+. The second-order valence-corrected chi connectivity index (χ2v) is 4.46. The molecule has 0 aliphatic heterocycles. The monoisotopic (exact) mass is 327 g/mol. The van der Waals surface area contributed by atoms with Crippen LogP contribution in [0.4, 0.5) is 23.4 Å². The Hall–Kier alpha value is -2.77. The molecule has 0 saturated carbocycles. The molecule has 0 amide bonds. The van der Waals surface area contributed by atoms with E-state index in [1.54, 1.807) is 12.1 Å². The van der Waals surface area contributed by atoms with E-state index in [1.807, 2.05) is 0 Å². The fraction of sp³-hybridized carbons (Fsp3) is 0.133. The summed E-state index contributed by atoms with van der Waals surface area (Å²) in [6, 6.07) is 7.02. The topological polar surface area (TPSA) is 53.1 Å². The lowest BCUT2D eigenvalue weighted by Gasteiger charge is -2.10. The molecule has 122 valence electrons. The Morgan fingerprint density at radius 3 is 2.70 bits per heavy atom. The summed E-state index contributed by atoms with van der Waals surface area (Å²) in [6.45, 7) is 0.279. The highest BCUT2D eigenvalue weighted by molar-refractivity contribution is 5.64. The average Bonchev–Trinajstić information content (AvgIpc) is 2.83. The molecule has 0 saturated heterocycles. The number of hydrogen-bond donors (Lipinski definition) is 1. The normalized spacial score (nSPS) is 12.3. The van der Waals surface area contributed by atoms with Crippen LogP contribution in [0.15, 0.2) is 54.9 Å². The van der Waals surface area contributed by atoms with Crippen LogP contribution in [0.5, 0.6) is 5.75 Å². The van der Waals surface area contributed by atoms with Gasteiger partial charge in [-0.1, -0.05) is 24.3 Å². The predicted octanol–water partition coefficient (Wildman–Crippen LogP) is 4.07. The Bertz CT molecular complexity index is 720. The first-order valence-electron chi connectivity index (χ1n) is 6.50. The van der Waals surface area contributed by atoms with Crippen LogP contribution in [0.2, 0.25) is 0 Å². The lowest BCUT2D eigenvalue weighted by atomic mass is 10.1. The molecule has 0 bridgehead atoms. The van der Waals surface area contributed by atoms with Crippen molar-refractivity contribution < 1.29 is 22.3 Å². The quantitative estimate of drug-likeness (QED) is 0.665. The second kappa shape index (κ2) is 6.99. The van der Waals surface area contributed by atoms with Gasteiger partial charge in [-0.2, -0.15) is 5.10 Å². The fourth-order valence-corrected chi connectivity index (χ4v) is 1.94. The minimum absolute atomic E-state index is 0.219. The fourth-order valence-electron chi connectivity index (χ4n) is 1.94. The number of halogens is 4. The van der Waals surface area contributed by atoms with Gasteiger partial charge in [-0.3, -0.25) is 4.68 Å². The molecule has 0 atom stereocenters. The van der Waals surface area contributed by atoms with Crippen LogP contribution in [0.3, 0.4) is 0 Å². The van der Waals surface area contributed by atoms with Crippen LogP contribution < -0.4 is 10.5 Å². The molecule has 0 aliphatic rings. The summed E-state index contributed by atoms with van der Waals surface area (Å²) in [5.74, 6) is -0.117. The highest BCUT2D eigenvalue weighted by atomic mass is 19.4. The molecule has 0 unspecified atom stereocenters. The zero-order valence-corrected chi connectivity index (χ0v) is 11.8. The van der Waals surface area contributed by atoms with Crippen molar-refractivity contribution in [1.82, 2.24) is 9.78 Å². The maximum absolute atomic E-state index is 12.3. The zero-order valence-electron chi connectivity index (χ0n) is 11.8.